The van der Waals surface area contributed by atoms with Gasteiger partial charge >= 0.3 is 5.97 Å². The Morgan fingerprint density at radius 2 is 1.76 bits per heavy atom. The molecule has 0 bridgehead atoms. The van der Waals surface area contributed by atoms with Crippen molar-refractivity contribution in [3.63, 3.8) is 0 Å². The number of ether oxygens (including phenoxy) is 2. The minimum Gasteiger partial charge on any atom is -0.493 e. The first kappa shape index (κ1) is 26.5. The van der Waals surface area contributed by atoms with Crippen molar-refractivity contribution in [2.24, 2.45) is 5.73 Å². The number of hydrogen-bond acceptors (Lipinski definition) is 8. The average Bonchev–Trinajstić information content (AvgIpc) is 3.32. The second-order valence-electron chi connectivity index (χ2n) is 8.50. The van der Waals surface area contributed by atoms with E-state index in [1.807, 2.05) is 55.5 Å². The number of aryl methyl sites for hydroxylation is 1. The van der Waals surface area contributed by atoms with E-state index >= 15 is 0 Å². The largest absolute Gasteiger partial charge is 0.493 e. The molecule has 1 heterocycles. The molecule has 4 rings (SSSR count). The maximum absolute atomic E-state index is 12.4. The molecule has 1 unspecified atom stereocenters. The molecule has 8 heteroatoms. The van der Waals surface area contributed by atoms with Crippen molar-refractivity contribution in [1.82, 2.24) is 4.98 Å². The van der Waals surface area contributed by atoms with Gasteiger partial charge in [-0.1, -0.05) is 48.5 Å². The zero-order chi connectivity index (χ0) is 26.9. The Labute approximate surface area is 221 Å². The molecule has 1 atom stereocenters. The predicted octanol–water partition coefficient (Wildman–Crippen LogP) is 5.15. The van der Waals surface area contributed by atoms with Gasteiger partial charge in [-0.05, 0) is 55.8 Å². The summed E-state index contributed by atoms with van der Waals surface area (Å²) in [5, 5.41) is 14.3. The average molecular weight is 514 g/mol. The van der Waals surface area contributed by atoms with Crippen molar-refractivity contribution >= 4 is 11.7 Å². The molecule has 1 aromatic heterocycles. The number of nitrogens with two attached hydrogens (primary N) is 1. The van der Waals surface area contributed by atoms with Crippen molar-refractivity contribution < 1.29 is 23.8 Å². The van der Waals surface area contributed by atoms with Gasteiger partial charge in [-0.15, -0.1) is 0 Å². The van der Waals surface area contributed by atoms with Crippen LogP contribution in [0.4, 0.5) is 5.69 Å². The highest BCUT2D eigenvalue weighted by atomic mass is 16.5. The van der Waals surface area contributed by atoms with Gasteiger partial charge in [0, 0.05) is 17.7 Å². The second-order valence-corrected chi connectivity index (χ2v) is 8.50. The van der Waals surface area contributed by atoms with E-state index in [-0.39, 0.29) is 18.0 Å². The lowest BCUT2D eigenvalue weighted by Gasteiger charge is -2.20. The van der Waals surface area contributed by atoms with Gasteiger partial charge in [-0.3, -0.25) is 0 Å². The smallest absolute Gasteiger partial charge is 0.356 e. The highest BCUT2D eigenvalue weighted by molar-refractivity contribution is 5.89. The molecular weight excluding hydrogens is 482 g/mol. The number of carbonyl (C=O) groups excluding carboxylic acids is 1. The molecule has 0 fully saturated rings. The summed E-state index contributed by atoms with van der Waals surface area (Å²) < 4.78 is 16.8. The third-order valence-electron chi connectivity index (χ3n) is 5.81. The molecule has 0 aliphatic rings. The van der Waals surface area contributed by atoms with Crippen molar-refractivity contribution in [2.45, 2.75) is 26.4 Å². The molecule has 196 valence electrons. The quantitative estimate of drug-likeness (QED) is 0.186. The van der Waals surface area contributed by atoms with Gasteiger partial charge in [0.05, 0.1) is 24.6 Å². The van der Waals surface area contributed by atoms with Crippen LogP contribution in [0.1, 0.15) is 30.0 Å². The molecule has 0 radical (unpaired) electrons. The molecule has 8 nitrogen and oxygen atoms in total. The van der Waals surface area contributed by atoms with Crippen molar-refractivity contribution in [1.29, 1.82) is 0 Å². The zero-order valence-electron chi connectivity index (χ0n) is 21.4. The molecule has 0 saturated carbocycles. The van der Waals surface area contributed by atoms with E-state index < -0.39 is 12.1 Å². The zero-order valence-corrected chi connectivity index (χ0v) is 21.4. The number of benzene rings is 3. The van der Waals surface area contributed by atoms with Gasteiger partial charge in [0.2, 0.25) is 5.89 Å². The number of hydrogen-bond donors (Lipinski definition) is 3. The standard InChI is InChI=1S/C30H31N3O5/c1-3-36-30(35)26(31)27(32-23-14-8-5-9-15-23)28(34)22-13-10-16-24(19-22)37-18-17-25-20(2)38-29(33-25)21-11-6-4-7-12-21/h4-16,19,28,32,34H,3,17-18,31H2,1-2H3. The summed E-state index contributed by atoms with van der Waals surface area (Å²) in [4.78, 5) is 17.0. The van der Waals surface area contributed by atoms with Gasteiger partial charge in [-0.2, -0.15) is 0 Å². The van der Waals surface area contributed by atoms with Crippen LogP contribution < -0.4 is 15.8 Å². The number of esters is 1. The predicted molar refractivity (Wildman–Crippen MR) is 145 cm³/mol. The van der Waals surface area contributed by atoms with Gasteiger partial charge in [0.25, 0.3) is 0 Å². The van der Waals surface area contributed by atoms with Crippen LogP contribution in [0.2, 0.25) is 0 Å². The summed E-state index contributed by atoms with van der Waals surface area (Å²) in [6.07, 6.45) is -0.680. The Bertz CT molecular complexity index is 1380. The van der Waals surface area contributed by atoms with Crippen LogP contribution in [0.15, 0.2) is 101 Å². The SMILES string of the molecule is CCOC(=O)C(N)=C(Nc1ccccc1)C(O)c1cccc(OCCc2nc(-c3ccccc3)oc2C)c1. The van der Waals surface area contributed by atoms with Gasteiger partial charge in [0.1, 0.15) is 23.3 Å². The maximum Gasteiger partial charge on any atom is 0.356 e. The number of aromatic nitrogens is 1. The molecule has 0 saturated heterocycles. The van der Waals surface area contributed by atoms with Crippen LogP contribution in [0.3, 0.4) is 0 Å². The molecule has 0 spiro atoms. The summed E-state index contributed by atoms with van der Waals surface area (Å²) in [6, 6.07) is 25.9. The van der Waals surface area contributed by atoms with Crippen molar-refractivity contribution in [3.8, 4) is 17.2 Å². The van der Waals surface area contributed by atoms with E-state index in [0.29, 0.717) is 35.9 Å². The summed E-state index contributed by atoms with van der Waals surface area (Å²) >= 11 is 0. The van der Waals surface area contributed by atoms with Gasteiger partial charge < -0.3 is 30.0 Å². The van der Waals surface area contributed by atoms with Crippen LogP contribution >= 0.6 is 0 Å². The molecule has 0 aliphatic carbocycles. The van der Waals surface area contributed by atoms with E-state index in [9.17, 15) is 9.90 Å². The summed E-state index contributed by atoms with van der Waals surface area (Å²) in [5.41, 5.74) is 8.93. The summed E-state index contributed by atoms with van der Waals surface area (Å²) in [7, 11) is 0. The molecule has 0 aliphatic heterocycles. The lowest BCUT2D eigenvalue weighted by Crippen LogP contribution is -2.24. The molecule has 4 N–H and O–H groups in total. The fourth-order valence-corrected chi connectivity index (χ4v) is 3.85. The number of oxazole rings is 1. The lowest BCUT2D eigenvalue weighted by atomic mass is 10.0. The fraction of sp³-hybridized carbons (Fsp3) is 0.200. The Balaban J connectivity index is 1.47. The minimum absolute atomic E-state index is 0.124. The van der Waals surface area contributed by atoms with Crippen LogP contribution in [-0.4, -0.2) is 29.3 Å². The number of aliphatic hydroxyl groups excluding tert-OH is 1. The van der Waals surface area contributed by atoms with Crippen LogP contribution in [-0.2, 0) is 16.0 Å². The number of rotatable bonds is 11. The Hall–Kier alpha value is -4.56. The molecule has 3 aromatic carbocycles. The van der Waals surface area contributed by atoms with E-state index in [1.54, 1.807) is 43.3 Å². The molecule has 0 amide bonds. The van der Waals surface area contributed by atoms with Crippen LogP contribution in [0.25, 0.3) is 11.5 Å². The molecule has 4 aromatic rings. The third kappa shape index (κ3) is 6.60. The highest BCUT2D eigenvalue weighted by Crippen LogP contribution is 2.28. The van der Waals surface area contributed by atoms with Crippen LogP contribution in [0.5, 0.6) is 5.75 Å². The number of carbonyl (C=O) groups is 1. The van der Waals surface area contributed by atoms with Crippen molar-refractivity contribution in [3.05, 3.63) is 113 Å². The normalized spacial score (nSPS) is 12.4. The molecule has 38 heavy (non-hydrogen) atoms. The van der Waals surface area contributed by atoms with E-state index in [1.165, 1.54) is 0 Å². The van der Waals surface area contributed by atoms with E-state index in [2.05, 4.69) is 10.3 Å². The van der Waals surface area contributed by atoms with Crippen LogP contribution in [0, 0.1) is 6.92 Å². The monoisotopic (exact) mass is 513 g/mol. The first-order chi connectivity index (χ1) is 18.5. The van der Waals surface area contributed by atoms with E-state index in [0.717, 1.165) is 17.0 Å². The first-order valence-corrected chi connectivity index (χ1v) is 12.4. The summed E-state index contributed by atoms with van der Waals surface area (Å²) in [5.74, 6) is 1.16. The number of nitrogens with zero attached hydrogens (tertiary/aromatic N) is 1. The fourth-order valence-electron chi connectivity index (χ4n) is 3.85. The van der Waals surface area contributed by atoms with Gasteiger partial charge in [0.15, 0.2) is 0 Å². The van der Waals surface area contributed by atoms with Crippen molar-refractivity contribution in [2.75, 3.05) is 18.5 Å². The topological polar surface area (TPSA) is 120 Å². The Morgan fingerprint density at radius 3 is 2.47 bits per heavy atom. The number of para-hydroxylation sites is 1. The third-order valence-corrected chi connectivity index (χ3v) is 5.81. The molecular formula is C30H31N3O5. The lowest BCUT2D eigenvalue weighted by molar-refractivity contribution is -0.138. The maximum atomic E-state index is 12.4. The summed E-state index contributed by atoms with van der Waals surface area (Å²) in [6.45, 7) is 4.09. The number of nitrogens with one attached hydrogen (secondary N) is 1. The van der Waals surface area contributed by atoms with Gasteiger partial charge in [-0.25, -0.2) is 9.78 Å². The number of aliphatic hydroxyl groups is 1. The minimum atomic E-state index is -1.23. The Morgan fingerprint density at radius 1 is 1.05 bits per heavy atom. The second kappa shape index (κ2) is 12.6. The van der Waals surface area contributed by atoms with E-state index in [4.69, 9.17) is 19.6 Å². The highest BCUT2D eigenvalue weighted by Gasteiger charge is 2.22. The number of anilines is 1. The first-order valence-electron chi connectivity index (χ1n) is 12.4. The Kier molecular flexibility index (Phi) is 8.79.